The van der Waals surface area contributed by atoms with Crippen LogP contribution in [0.3, 0.4) is 0 Å². The summed E-state index contributed by atoms with van der Waals surface area (Å²) in [6.45, 7) is 6.72. The number of amides is 1. The van der Waals surface area contributed by atoms with Crippen LogP contribution in [0.5, 0.6) is 0 Å². The van der Waals surface area contributed by atoms with Crippen molar-refractivity contribution in [3.05, 3.63) is 53.9 Å². The van der Waals surface area contributed by atoms with Crippen LogP contribution in [0.25, 0.3) is 0 Å². The van der Waals surface area contributed by atoms with E-state index in [0.29, 0.717) is 6.54 Å². The molecule has 1 amide bonds. The molecular weight excluding hydrogens is 306 g/mol. The van der Waals surface area contributed by atoms with Gasteiger partial charge in [-0.1, -0.05) is 30.3 Å². The number of hydrogen-bond acceptors (Lipinski definition) is 3. The maximum absolute atomic E-state index is 12.8. The summed E-state index contributed by atoms with van der Waals surface area (Å²) in [6, 6.07) is 10.4. The lowest BCUT2D eigenvalue weighted by Gasteiger charge is -2.29. The van der Waals surface area contributed by atoms with Gasteiger partial charge in [0.15, 0.2) is 0 Å². The monoisotopic (exact) mass is 331 g/mol. The number of benzene rings is 1. The van der Waals surface area contributed by atoms with Crippen LogP contribution >= 0.6 is 11.8 Å². The third-order valence-electron chi connectivity index (χ3n) is 3.71. The van der Waals surface area contributed by atoms with E-state index in [4.69, 9.17) is 0 Å². The minimum Gasteiger partial charge on any atom is -0.335 e. The Bertz CT molecular complexity index is 624. The van der Waals surface area contributed by atoms with E-state index in [1.807, 2.05) is 49.5 Å². The van der Waals surface area contributed by atoms with E-state index in [-0.39, 0.29) is 17.2 Å². The summed E-state index contributed by atoms with van der Waals surface area (Å²) < 4.78 is 1.77. The SMILES string of the molecule is CC(C)N(Cc1cnn(C)c1)C(=O)[C@H](C)SCc1ccccc1. The van der Waals surface area contributed by atoms with Gasteiger partial charge in [-0.05, 0) is 26.3 Å². The van der Waals surface area contributed by atoms with Gasteiger partial charge in [0, 0.05) is 37.1 Å². The van der Waals surface area contributed by atoms with Crippen molar-refractivity contribution >= 4 is 17.7 Å². The molecule has 0 aliphatic carbocycles. The maximum Gasteiger partial charge on any atom is 0.235 e. The molecule has 124 valence electrons. The zero-order valence-electron chi connectivity index (χ0n) is 14.3. The lowest BCUT2D eigenvalue weighted by Crippen LogP contribution is -2.40. The number of aromatic nitrogens is 2. The highest BCUT2D eigenvalue weighted by Crippen LogP contribution is 2.21. The van der Waals surface area contributed by atoms with Crippen LogP contribution in [0.2, 0.25) is 0 Å². The average molecular weight is 331 g/mol. The summed E-state index contributed by atoms with van der Waals surface area (Å²) >= 11 is 1.69. The summed E-state index contributed by atoms with van der Waals surface area (Å²) in [4.78, 5) is 14.7. The summed E-state index contributed by atoms with van der Waals surface area (Å²) in [5, 5.41) is 4.12. The van der Waals surface area contributed by atoms with Crippen molar-refractivity contribution in [3.8, 4) is 0 Å². The van der Waals surface area contributed by atoms with Crippen molar-refractivity contribution in [3.63, 3.8) is 0 Å². The molecule has 1 aromatic carbocycles. The van der Waals surface area contributed by atoms with Crippen LogP contribution in [0.4, 0.5) is 0 Å². The summed E-state index contributed by atoms with van der Waals surface area (Å²) in [5.74, 6) is 1.04. The first-order valence-corrected chi connectivity index (χ1v) is 8.95. The van der Waals surface area contributed by atoms with Gasteiger partial charge in [0.2, 0.25) is 5.91 Å². The predicted molar refractivity (Wildman–Crippen MR) is 96.1 cm³/mol. The van der Waals surface area contributed by atoms with Crippen molar-refractivity contribution in [1.82, 2.24) is 14.7 Å². The Morgan fingerprint density at radius 2 is 1.91 bits per heavy atom. The third kappa shape index (κ3) is 5.13. The summed E-state index contributed by atoms with van der Waals surface area (Å²) in [6.07, 6.45) is 3.79. The van der Waals surface area contributed by atoms with Crippen molar-refractivity contribution in [1.29, 1.82) is 0 Å². The fourth-order valence-corrected chi connectivity index (χ4v) is 3.28. The van der Waals surface area contributed by atoms with Crippen LogP contribution in [0, 0.1) is 0 Å². The lowest BCUT2D eigenvalue weighted by atomic mass is 10.2. The molecule has 0 N–H and O–H groups in total. The third-order valence-corrected chi connectivity index (χ3v) is 4.91. The summed E-state index contributed by atoms with van der Waals surface area (Å²) in [5.41, 5.74) is 2.32. The van der Waals surface area contributed by atoms with Crippen molar-refractivity contribution < 1.29 is 4.79 Å². The highest BCUT2D eigenvalue weighted by molar-refractivity contribution is 7.99. The van der Waals surface area contributed by atoms with E-state index < -0.39 is 0 Å². The van der Waals surface area contributed by atoms with E-state index >= 15 is 0 Å². The molecule has 23 heavy (non-hydrogen) atoms. The second-order valence-corrected chi connectivity index (χ2v) is 7.35. The van der Waals surface area contributed by atoms with E-state index in [0.717, 1.165) is 11.3 Å². The van der Waals surface area contributed by atoms with Gasteiger partial charge in [-0.2, -0.15) is 5.10 Å². The highest BCUT2D eigenvalue weighted by atomic mass is 32.2. The molecule has 4 nitrogen and oxygen atoms in total. The molecule has 0 aliphatic rings. The molecule has 0 saturated heterocycles. The molecule has 1 aromatic heterocycles. The number of thioether (sulfide) groups is 1. The molecule has 1 heterocycles. The molecule has 0 unspecified atom stereocenters. The molecule has 0 aliphatic heterocycles. The van der Waals surface area contributed by atoms with Crippen LogP contribution < -0.4 is 0 Å². The first-order chi connectivity index (χ1) is 11.0. The number of carbonyl (C=O) groups is 1. The Kier molecular flexibility index (Phi) is 6.28. The number of nitrogens with zero attached hydrogens (tertiary/aromatic N) is 3. The topological polar surface area (TPSA) is 38.1 Å². The number of carbonyl (C=O) groups excluding carboxylic acids is 1. The molecule has 0 radical (unpaired) electrons. The Hall–Kier alpha value is -1.75. The highest BCUT2D eigenvalue weighted by Gasteiger charge is 2.23. The van der Waals surface area contributed by atoms with Gasteiger partial charge in [0.1, 0.15) is 0 Å². The molecule has 0 bridgehead atoms. The normalized spacial score (nSPS) is 12.4. The molecule has 0 fully saturated rings. The van der Waals surface area contributed by atoms with E-state index in [9.17, 15) is 4.79 Å². The molecule has 0 saturated carbocycles. The molecule has 0 spiro atoms. The van der Waals surface area contributed by atoms with E-state index in [1.54, 1.807) is 16.4 Å². The number of rotatable bonds is 7. The van der Waals surface area contributed by atoms with Crippen LogP contribution in [0.1, 0.15) is 31.9 Å². The molecule has 2 aromatic rings. The Balaban J connectivity index is 1.96. The van der Waals surface area contributed by atoms with Gasteiger partial charge in [-0.3, -0.25) is 9.48 Å². The number of hydrogen-bond donors (Lipinski definition) is 0. The van der Waals surface area contributed by atoms with Gasteiger partial charge in [0.25, 0.3) is 0 Å². The lowest BCUT2D eigenvalue weighted by molar-refractivity contribution is -0.132. The Labute approximate surface area is 142 Å². The van der Waals surface area contributed by atoms with Gasteiger partial charge in [0.05, 0.1) is 11.4 Å². The first kappa shape index (κ1) is 17.6. The number of aryl methyl sites for hydroxylation is 1. The quantitative estimate of drug-likeness (QED) is 0.779. The minimum atomic E-state index is -0.0609. The fourth-order valence-electron chi connectivity index (χ4n) is 2.37. The first-order valence-electron chi connectivity index (χ1n) is 7.91. The molecule has 1 atom stereocenters. The van der Waals surface area contributed by atoms with E-state index in [1.165, 1.54) is 5.56 Å². The van der Waals surface area contributed by atoms with Crippen molar-refractivity contribution in [2.75, 3.05) is 0 Å². The zero-order chi connectivity index (χ0) is 16.8. The van der Waals surface area contributed by atoms with E-state index in [2.05, 4.69) is 31.1 Å². The summed E-state index contributed by atoms with van der Waals surface area (Å²) in [7, 11) is 1.89. The predicted octanol–water partition coefficient (Wildman–Crippen LogP) is 3.48. The molecule has 2 rings (SSSR count). The minimum absolute atomic E-state index is 0.0609. The van der Waals surface area contributed by atoms with Gasteiger partial charge in [-0.25, -0.2) is 0 Å². The van der Waals surface area contributed by atoms with Gasteiger partial charge >= 0.3 is 0 Å². The second kappa shape index (κ2) is 8.20. The van der Waals surface area contributed by atoms with Crippen LogP contribution in [-0.2, 0) is 24.1 Å². The van der Waals surface area contributed by atoms with Crippen molar-refractivity contribution in [2.24, 2.45) is 7.05 Å². The van der Waals surface area contributed by atoms with Crippen LogP contribution in [-0.4, -0.2) is 31.9 Å². The van der Waals surface area contributed by atoms with Gasteiger partial charge < -0.3 is 4.90 Å². The zero-order valence-corrected chi connectivity index (χ0v) is 15.1. The Morgan fingerprint density at radius 3 is 2.48 bits per heavy atom. The van der Waals surface area contributed by atoms with Crippen molar-refractivity contribution in [2.45, 2.75) is 44.4 Å². The smallest absolute Gasteiger partial charge is 0.235 e. The fraction of sp³-hybridized carbons (Fsp3) is 0.444. The Morgan fingerprint density at radius 1 is 1.22 bits per heavy atom. The van der Waals surface area contributed by atoms with Crippen LogP contribution in [0.15, 0.2) is 42.7 Å². The van der Waals surface area contributed by atoms with Gasteiger partial charge in [-0.15, -0.1) is 11.8 Å². The average Bonchev–Trinajstić information content (AvgIpc) is 2.95. The standard InChI is InChI=1S/C18H25N3OS/c1-14(2)21(12-17-10-19-20(4)11-17)18(22)15(3)23-13-16-8-6-5-7-9-16/h5-11,14-15H,12-13H2,1-4H3/t15-/m0/s1. The second-order valence-electron chi connectivity index (χ2n) is 6.02. The largest absolute Gasteiger partial charge is 0.335 e. The molecular formula is C18H25N3OS. The molecule has 5 heteroatoms. The maximum atomic E-state index is 12.8.